The maximum atomic E-state index is 5.65. The van der Waals surface area contributed by atoms with Crippen molar-refractivity contribution in [3.8, 4) is 11.6 Å². The summed E-state index contributed by atoms with van der Waals surface area (Å²) >= 11 is 3.38. The molecule has 1 aromatic heterocycles. The predicted octanol–water partition coefficient (Wildman–Crippen LogP) is 3.43. The van der Waals surface area contributed by atoms with Crippen LogP contribution in [0.2, 0.25) is 0 Å². The van der Waals surface area contributed by atoms with Gasteiger partial charge in [0.25, 0.3) is 0 Å². The van der Waals surface area contributed by atoms with E-state index in [0.29, 0.717) is 12.5 Å². The van der Waals surface area contributed by atoms with E-state index >= 15 is 0 Å². The molecular formula is C13H12BrNO2. The molecule has 0 radical (unpaired) electrons. The van der Waals surface area contributed by atoms with Crippen LogP contribution in [0, 0.1) is 0 Å². The average Bonchev–Trinajstić information content (AvgIpc) is 2.38. The summed E-state index contributed by atoms with van der Waals surface area (Å²) < 4.78 is 11.8. The lowest BCUT2D eigenvalue weighted by atomic mass is 10.3. The molecule has 17 heavy (non-hydrogen) atoms. The predicted molar refractivity (Wildman–Crippen MR) is 69.3 cm³/mol. The van der Waals surface area contributed by atoms with Crippen LogP contribution in [0.15, 0.2) is 47.1 Å². The summed E-state index contributed by atoms with van der Waals surface area (Å²) in [5, 5.41) is 0. The minimum Gasteiger partial charge on any atom is -0.489 e. The Balaban J connectivity index is 2.04. The number of pyridine rings is 1. The Labute approximate surface area is 109 Å². The number of nitrogens with zero attached hydrogens (tertiary/aromatic N) is 1. The topological polar surface area (TPSA) is 31.4 Å². The van der Waals surface area contributed by atoms with E-state index in [9.17, 15) is 0 Å². The van der Waals surface area contributed by atoms with E-state index in [0.717, 1.165) is 15.8 Å². The van der Waals surface area contributed by atoms with Crippen molar-refractivity contribution in [3.63, 3.8) is 0 Å². The van der Waals surface area contributed by atoms with Gasteiger partial charge in [-0.2, -0.15) is 0 Å². The van der Waals surface area contributed by atoms with Gasteiger partial charge in [0.1, 0.15) is 12.4 Å². The average molecular weight is 294 g/mol. The quantitative estimate of drug-likeness (QED) is 0.865. The first-order valence-corrected chi connectivity index (χ1v) is 5.95. The van der Waals surface area contributed by atoms with Crippen LogP contribution in [0.1, 0.15) is 5.56 Å². The zero-order chi connectivity index (χ0) is 12.1. The summed E-state index contributed by atoms with van der Waals surface area (Å²) in [5.41, 5.74) is 0.929. The van der Waals surface area contributed by atoms with Crippen LogP contribution in [0.25, 0.3) is 0 Å². The Kier molecular flexibility index (Phi) is 3.98. The van der Waals surface area contributed by atoms with E-state index in [2.05, 4.69) is 20.9 Å². The number of ether oxygens (including phenoxy) is 2. The molecule has 0 bridgehead atoms. The molecule has 2 aromatic rings. The summed E-state index contributed by atoms with van der Waals surface area (Å²) in [4.78, 5) is 4.11. The standard InChI is InChI=1S/C13H12BrNO2/c1-16-13-10(3-2-8-15-13)9-17-12-6-4-11(14)5-7-12/h2-8H,9H2,1H3. The minimum absolute atomic E-state index is 0.443. The van der Waals surface area contributed by atoms with Crippen LogP contribution in [0.5, 0.6) is 11.6 Å². The van der Waals surface area contributed by atoms with Crippen LogP contribution in [0.4, 0.5) is 0 Å². The van der Waals surface area contributed by atoms with Crippen LogP contribution in [-0.4, -0.2) is 12.1 Å². The number of benzene rings is 1. The SMILES string of the molecule is COc1ncccc1COc1ccc(Br)cc1. The molecule has 0 aliphatic heterocycles. The lowest BCUT2D eigenvalue weighted by Gasteiger charge is -2.08. The van der Waals surface area contributed by atoms with Gasteiger partial charge in [0.05, 0.1) is 12.7 Å². The third-order valence-electron chi connectivity index (χ3n) is 2.25. The number of hydrogen-bond donors (Lipinski definition) is 0. The van der Waals surface area contributed by atoms with E-state index in [1.165, 1.54) is 0 Å². The number of hydrogen-bond acceptors (Lipinski definition) is 3. The van der Waals surface area contributed by atoms with E-state index < -0.39 is 0 Å². The molecule has 3 nitrogen and oxygen atoms in total. The highest BCUT2D eigenvalue weighted by atomic mass is 79.9. The van der Waals surface area contributed by atoms with E-state index in [4.69, 9.17) is 9.47 Å². The lowest BCUT2D eigenvalue weighted by molar-refractivity contribution is 0.294. The first-order chi connectivity index (χ1) is 8.29. The fourth-order valence-electron chi connectivity index (χ4n) is 1.41. The first kappa shape index (κ1) is 11.9. The van der Waals surface area contributed by atoms with Gasteiger partial charge in [0, 0.05) is 10.7 Å². The monoisotopic (exact) mass is 293 g/mol. The number of halogens is 1. The molecule has 88 valence electrons. The van der Waals surface area contributed by atoms with Crippen molar-refractivity contribution in [2.75, 3.05) is 7.11 Å². The van der Waals surface area contributed by atoms with Gasteiger partial charge >= 0.3 is 0 Å². The van der Waals surface area contributed by atoms with Crippen LogP contribution < -0.4 is 9.47 Å². The fourth-order valence-corrected chi connectivity index (χ4v) is 1.67. The Hall–Kier alpha value is -1.55. The van der Waals surface area contributed by atoms with Crippen molar-refractivity contribution in [2.45, 2.75) is 6.61 Å². The van der Waals surface area contributed by atoms with Crippen LogP contribution in [-0.2, 0) is 6.61 Å². The van der Waals surface area contributed by atoms with Gasteiger partial charge in [-0.3, -0.25) is 0 Å². The molecule has 1 heterocycles. The Morgan fingerprint density at radius 3 is 2.65 bits per heavy atom. The van der Waals surface area contributed by atoms with E-state index in [1.807, 2.05) is 36.4 Å². The highest BCUT2D eigenvalue weighted by molar-refractivity contribution is 9.10. The Morgan fingerprint density at radius 1 is 1.18 bits per heavy atom. The second-order valence-corrected chi connectivity index (χ2v) is 4.33. The van der Waals surface area contributed by atoms with E-state index in [-0.39, 0.29) is 0 Å². The highest BCUT2D eigenvalue weighted by Gasteiger charge is 2.03. The van der Waals surface area contributed by atoms with Crippen molar-refractivity contribution in [1.82, 2.24) is 4.98 Å². The number of methoxy groups -OCH3 is 1. The van der Waals surface area contributed by atoms with Crippen LogP contribution >= 0.6 is 15.9 Å². The smallest absolute Gasteiger partial charge is 0.219 e. The molecule has 0 fully saturated rings. The van der Waals surface area contributed by atoms with Gasteiger partial charge in [0.15, 0.2) is 0 Å². The van der Waals surface area contributed by atoms with Gasteiger partial charge in [-0.25, -0.2) is 4.98 Å². The molecular weight excluding hydrogens is 282 g/mol. The maximum absolute atomic E-state index is 5.65. The molecule has 0 amide bonds. The number of rotatable bonds is 4. The molecule has 0 atom stereocenters. The zero-order valence-electron chi connectivity index (χ0n) is 9.39. The maximum Gasteiger partial charge on any atom is 0.219 e. The van der Waals surface area contributed by atoms with E-state index in [1.54, 1.807) is 13.3 Å². The van der Waals surface area contributed by atoms with Crippen molar-refractivity contribution in [1.29, 1.82) is 0 Å². The normalized spacial score (nSPS) is 10.0. The first-order valence-electron chi connectivity index (χ1n) is 5.16. The molecule has 0 unspecified atom stereocenters. The second kappa shape index (κ2) is 5.68. The minimum atomic E-state index is 0.443. The molecule has 2 rings (SSSR count). The fraction of sp³-hybridized carbons (Fsp3) is 0.154. The Morgan fingerprint density at radius 2 is 1.94 bits per heavy atom. The lowest BCUT2D eigenvalue weighted by Crippen LogP contribution is -1.99. The van der Waals surface area contributed by atoms with Crippen molar-refractivity contribution in [3.05, 3.63) is 52.6 Å². The van der Waals surface area contributed by atoms with Gasteiger partial charge in [0.2, 0.25) is 5.88 Å². The van der Waals surface area contributed by atoms with Crippen molar-refractivity contribution in [2.24, 2.45) is 0 Å². The molecule has 4 heteroatoms. The van der Waals surface area contributed by atoms with Gasteiger partial charge < -0.3 is 9.47 Å². The Bertz CT molecular complexity index is 485. The zero-order valence-corrected chi connectivity index (χ0v) is 11.0. The summed E-state index contributed by atoms with van der Waals surface area (Å²) in [6, 6.07) is 11.5. The second-order valence-electron chi connectivity index (χ2n) is 3.41. The number of aromatic nitrogens is 1. The molecule has 0 aliphatic rings. The van der Waals surface area contributed by atoms with Gasteiger partial charge in [-0.15, -0.1) is 0 Å². The van der Waals surface area contributed by atoms with Gasteiger partial charge in [-0.1, -0.05) is 15.9 Å². The van der Waals surface area contributed by atoms with Crippen molar-refractivity contribution < 1.29 is 9.47 Å². The van der Waals surface area contributed by atoms with Crippen molar-refractivity contribution >= 4 is 15.9 Å². The summed E-state index contributed by atoms with van der Waals surface area (Å²) in [6.45, 7) is 0.443. The summed E-state index contributed by atoms with van der Waals surface area (Å²) in [7, 11) is 1.60. The summed E-state index contributed by atoms with van der Waals surface area (Å²) in [5.74, 6) is 1.42. The largest absolute Gasteiger partial charge is 0.489 e. The molecule has 0 saturated heterocycles. The third-order valence-corrected chi connectivity index (χ3v) is 2.78. The summed E-state index contributed by atoms with van der Waals surface area (Å²) in [6.07, 6.45) is 1.70. The molecule has 1 aromatic carbocycles. The third kappa shape index (κ3) is 3.20. The molecule has 0 N–H and O–H groups in total. The highest BCUT2D eigenvalue weighted by Crippen LogP contribution is 2.19. The molecule has 0 spiro atoms. The molecule has 0 saturated carbocycles. The van der Waals surface area contributed by atoms with Gasteiger partial charge in [-0.05, 0) is 36.4 Å². The molecule has 0 aliphatic carbocycles. The van der Waals surface area contributed by atoms with Crippen LogP contribution in [0.3, 0.4) is 0 Å².